The first-order valence-electron chi connectivity index (χ1n) is 24.6. The van der Waals surface area contributed by atoms with E-state index in [2.05, 4.69) is 60.9 Å². The fourth-order valence-electron chi connectivity index (χ4n) is 6.61. The Morgan fingerprint density at radius 3 is 1.56 bits per heavy atom. The molecule has 9 N–H and O–H groups in total. The fraction of sp³-hybridized carbons (Fsp3) is 0.608. The molecule has 0 aromatic carbocycles. The van der Waals surface area contributed by atoms with Gasteiger partial charge in [-0.05, 0) is 77.0 Å². The van der Waals surface area contributed by atoms with Crippen LogP contribution >= 0.6 is 15.6 Å². The summed E-state index contributed by atoms with van der Waals surface area (Å²) in [6.45, 7) is 2.74. The molecule has 71 heavy (non-hydrogen) atoms. The van der Waals surface area contributed by atoms with E-state index in [9.17, 15) is 64.0 Å². The van der Waals surface area contributed by atoms with Crippen LogP contribution in [0.5, 0.6) is 0 Å². The van der Waals surface area contributed by atoms with Gasteiger partial charge in [-0.1, -0.05) is 149 Å². The highest BCUT2D eigenvalue weighted by atomic mass is 31.2. The average molecular weight is 1050 g/mol. The molecule has 0 heterocycles. The number of carbonyl (C=O) groups excluding carboxylic acids is 2. The van der Waals surface area contributed by atoms with E-state index in [0.29, 0.717) is 12.8 Å². The fourth-order valence-corrected chi connectivity index (χ4v) is 8.15. The summed E-state index contributed by atoms with van der Waals surface area (Å²) >= 11 is 0. The lowest BCUT2D eigenvalue weighted by molar-refractivity contribution is -0.216. The largest absolute Gasteiger partial charge is 0.472 e. The summed E-state index contributed by atoms with van der Waals surface area (Å²) in [4.78, 5) is 54.3. The van der Waals surface area contributed by atoms with Gasteiger partial charge in [-0.15, -0.1) is 0 Å². The number of esters is 2. The van der Waals surface area contributed by atoms with E-state index in [-0.39, 0.29) is 32.1 Å². The molecule has 0 saturated heterocycles. The lowest BCUT2D eigenvalue weighted by atomic mass is 9.85. The second kappa shape index (κ2) is 40.0. The Kier molecular flexibility index (Phi) is 37.0. The van der Waals surface area contributed by atoms with Crippen LogP contribution in [0, 0.1) is 0 Å². The Morgan fingerprint density at radius 2 is 1.03 bits per heavy atom. The Hall–Kier alpha value is -3.42. The van der Waals surface area contributed by atoms with Gasteiger partial charge < -0.3 is 54.8 Å². The second-order valence-electron chi connectivity index (χ2n) is 16.9. The summed E-state index contributed by atoms with van der Waals surface area (Å²) < 4.78 is 49.1. The maximum absolute atomic E-state index is 13.0. The summed E-state index contributed by atoms with van der Waals surface area (Å²) in [5.41, 5.74) is 0. The van der Waals surface area contributed by atoms with Gasteiger partial charge in [-0.2, -0.15) is 0 Å². The molecule has 20 heteroatoms. The van der Waals surface area contributed by atoms with Crippen molar-refractivity contribution >= 4 is 27.6 Å². The zero-order valence-corrected chi connectivity index (χ0v) is 43.1. The van der Waals surface area contributed by atoms with Gasteiger partial charge in [0.1, 0.15) is 43.2 Å². The Labute approximate surface area is 420 Å². The van der Waals surface area contributed by atoms with Gasteiger partial charge in [0.25, 0.3) is 0 Å². The van der Waals surface area contributed by atoms with Gasteiger partial charge in [0.15, 0.2) is 6.10 Å². The number of unbranched alkanes of at least 4 members (excludes halogenated alkanes) is 6. The number of carbonyl (C=O) groups is 2. The molecule has 10 atom stereocenters. The van der Waals surface area contributed by atoms with Crippen molar-refractivity contribution in [1.82, 2.24) is 0 Å². The number of allylic oxidation sites excluding steroid dienone is 15. The number of aliphatic hydroxyl groups excluding tert-OH is 6. The van der Waals surface area contributed by atoms with E-state index in [4.69, 9.17) is 18.5 Å². The molecule has 1 rings (SSSR count). The molecule has 0 aromatic heterocycles. The third-order valence-electron chi connectivity index (χ3n) is 10.5. The molecule has 5 unspecified atom stereocenters. The summed E-state index contributed by atoms with van der Waals surface area (Å²) in [6, 6.07) is 0. The number of hydrogen-bond donors (Lipinski definition) is 9. The average Bonchev–Trinajstić information content (AvgIpc) is 3.32. The third-order valence-corrected chi connectivity index (χ3v) is 12.0. The van der Waals surface area contributed by atoms with Crippen LogP contribution in [0.15, 0.2) is 109 Å². The van der Waals surface area contributed by atoms with Crippen LogP contribution in [0.25, 0.3) is 0 Å². The van der Waals surface area contributed by atoms with Crippen LogP contribution < -0.4 is 0 Å². The summed E-state index contributed by atoms with van der Waals surface area (Å²) in [5, 5.41) is 61.6. The van der Waals surface area contributed by atoms with Crippen molar-refractivity contribution in [2.24, 2.45) is 0 Å². The van der Waals surface area contributed by atoms with Crippen LogP contribution in [-0.4, -0.2) is 125 Å². The van der Waals surface area contributed by atoms with E-state index in [1.165, 1.54) is 31.8 Å². The first kappa shape index (κ1) is 65.6. The van der Waals surface area contributed by atoms with Crippen LogP contribution in [0.4, 0.5) is 0 Å². The SMILES string of the molecule is CCCCC/C=C\C/C=C\C/C=C\C/C=C\C/C=C\CCC(=O)O[C@H](COC(=O)CCC[C@H](O)\C=C/C=C/C=C/[C@H](O)C/C=C\CCCCC)COP(=O)(O)O[C@H]1C(O)C(O)C(O)[C@@H](OP(=O)(O)O)C1O. The number of rotatable bonds is 39. The Bertz CT molecular complexity index is 1820. The van der Waals surface area contributed by atoms with Crippen LogP contribution in [0.2, 0.25) is 0 Å². The second-order valence-corrected chi connectivity index (χ2v) is 19.5. The lowest BCUT2D eigenvalue weighted by Gasteiger charge is -2.43. The standard InChI is InChI=1S/C51H82O18P2/c1-3-5-7-9-11-12-13-14-15-16-17-18-19-20-21-22-23-25-31-37-45(55)67-43(40-66-71(63,64)69-51-48(58)46(56)47(57)50(49(51)59)68-70(60,61)62)39-65-44(54)38-32-36-42(53)35-30-27-26-29-34-41(52)33-28-24-10-8-6-4-2/h11-12,14-15,17-18,20-21,23-30,34-35,41-43,46-53,56-59H,3-10,13,16,19,22,31-33,36-40H2,1-2H3,(H,63,64)(H2,60,61,62)/b12-11-,15-14-,18-17-,21-20-,25-23-,27-26+,28-24-,34-29+,35-30-/t41-,42-,43-,46?,47?,48?,49?,50-,51+/m1/s1. The number of aliphatic hydroxyl groups is 6. The topological polar surface area (TPSA) is 296 Å². The maximum atomic E-state index is 13.0. The van der Waals surface area contributed by atoms with E-state index in [1.54, 1.807) is 36.5 Å². The van der Waals surface area contributed by atoms with Gasteiger partial charge >= 0.3 is 27.6 Å². The molecule has 1 fully saturated rings. The van der Waals surface area contributed by atoms with Crippen molar-refractivity contribution in [2.45, 2.75) is 184 Å². The molecule has 0 aromatic rings. The Morgan fingerprint density at radius 1 is 0.535 bits per heavy atom. The first-order chi connectivity index (χ1) is 33.9. The molecule has 0 bridgehead atoms. The zero-order chi connectivity index (χ0) is 52.8. The molecule has 0 spiro atoms. The van der Waals surface area contributed by atoms with Crippen molar-refractivity contribution in [3.63, 3.8) is 0 Å². The van der Waals surface area contributed by atoms with E-state index in [0.717, 1.165) is 44.9 Å². The molecule has 18 nitrogen and oxygen atoms in total. The van der Waals surface area contributed by atoms with Crippen molar-refractivity contribution in [2.75, 3.05) is 13.2 Å². The highest BCUT2D eigenvalue weighted by Gasteiger charge is 2.54. The molecule has 0 radical (unpaired) electrons. The minimum atomic E-state index is -5.41. The molecule has 1 aliphatic carbocycles. The van der Waals surface area contributed by atoms with Crippen molar-refractivity contribution < 1.29 is 87.1 Å². The van der Waals surface area contributed by atoms with Gasteiger partial charge in [0, 0.05) is 12.8 Å². The van der Waals surface area contributed by atoms with Gasteiger partial charge in [-0.25, -0.2) is 9.13 Å². The smallest absolute Gasteiger partial charge is 0.462 e. The molecule has 0 aliphatic heterocycles. The number of phosphoric acid groups is 2. The van der Waals surface area contributed by atoms with Gasteiger partial charge in [0.05, 0.1) is 18.8 Å². The minimum absolute atomic E-state index is 0.139. The van der Waals surface area contributed by atoms with E-state index < -0.39 is 95.7 Å². The molecule has 1 aliphatic rings. The number of hydrogen-bond acceptors (Lipinski definition) is 15. The molecule has 1 saturated carbocycles. The summed E-state index contributed by atoms with van der Waals surface area (Å²) in [6.07, 6.45) is 31.0. The minimum Gasteiger partial charge on any atom is -0.462 e. The molecular weight excluding hydrogens is 962 g/mol. The predicted octanol–water partition coefficient (Wildman–Crippen LogP) is 7.67. The van der Waals surface area contributed by atoms with Gasteiger partial charge in [-0.3, -0.25) is 23.2 Å². The van der Waals surface area contributed by atoms with Crippen molar-refractivity contribution in [3.8, 4) is 0 Å². The summed E-state index contributed by atoms with van der Waals surface area (Å²) in [7, 11) is -10.8. The van der Waals surface area contributed by atoms with E-state index >= 15 is 0 Å². The van der Waals surface area contributed by atoms with Crippen LogP contribution in [0.1, 0.15) is 129 Å². The van der Waals surface area contributed by atoms with Crippen LogP contribution in [0.3, 0.4) is 0 Å². The zero-order valence-electron chi connectivity index (χ0n) is 41.3. The highest BCUT2D eigenvalue weighted by molar-refractivity contribution is 7.47. The summed E-state index contributed by atoms with van der Waals surface area (Å²) in [5.74, 6) is -1.55. The number of ether oxygens (including phenoxy) is 2. The first-order valence-corrected chi connectivity index (χ1v) is 27.7. The normalized spacial score (nSPS) is 22.7. The van der Waals surface area contributed by atoms with Gasteiger partial charge in [0.2, 0.25) is 0 Å². The van der Waals surface area contributed by atoms with Crippen molar-refractivity contribution in [3.05, 3.63) is 109 Å². The third kappa shape index (κ3) is 34.6. The molecule has 404 valence electrons. The monoisotopic (exact) mass is 1040 g/mol. The molecule has 0 amide bonds. The lowest BCUT2D eigenvalue weighted by Crippen LogP contribution is -2.64. The predicted molar refractivity (Wildman–Crippen MR) is 271 cm³/mol. The quantitative estimate of drug-likeness (QED) is 0.00938. The number of phosphoric ester groups is 2. The van der Waals surface area contributed by atoms with E-state index in [1.807, 2.05) is 24.3 Å². The van der Waals surface area contributed by atoms with Crippen molar-refractivity contribution in [1.29, 1.82) is 0 Å². The molecular formula is C51H82O18P2. The van der Waals surface area contributed by atoms with Crippen LogP contribution in [-0.2, 0) is 41.8 Å². The maximum Gasteiger partial charge on any atom is 0.472 e. The Balaban J connectivity index is 2.75. The highest BCUT2D eigenvalue weighted by Crippen LogP contribution is 2.49.